The zero-order chi connectivity index (χ0) is 18.0. The molecule has 1 aromatic heterocycles. The molecule has 0 saturated carbocycles. The zero-order valence-corrected chi connectivity index (χ0v) is 15.5. The Bertz CT molecular complexity index is 853. The summed E-state index contributed by atoms with van der Waals surface area (Å²) in [4.78, 5) is 16.2. The van der Waals surface area contributed by atoms with Gasteiger partial charge in [0.1, 0.15) is 0 Å². The lowest BCUT2D eigenvalue weighted by molar-refractivity contribution is -0.130. The molecule has 6 nitrogen and oxygen atoms in total. The average molecular weight is 406 g/mol. The SMILES string of the molecule is COc1cc(/C=C2/N=C(c3ccco3)OC2=O)cc(Br)c1OC(C)C. The van der Waals surface area contributed by atoms with Crippen molar-refractivity contribution in [3.63, 3.8) is 0 Å². The highest BCUT2D eigenvalue weighted by Crippen LogP contribution is 2.38. The average Bonchev–Trinajstić information content (AvgIpc) is 3.20. The molecular formula is C18H16BrNO5. The van der Waals surface area contributed by atoms with Gasteiger partial charge in [0.25, 0.3) is 5.90 Å². The van der Waals surface area contributed by atoms with Crippen LogP contribution >= 0.6 is 15.9 Å². The summed E-state index contributed by atoms with van der Waals surface area (Å²) in [6.07, 6.45) is 3.10. The van der Waals surface area contributed by atoms with Crippen molar-refractivity contribution in [3.8, 4) is 11.5 Å². The molecule has 0 amide bonds. The van der Waals surface area contributed by atoms with Gasteiger partial charge in [0.15, 0.2) is 23.0 Å². The molecule has 1 aromatic carbocycles. The Labute approximate surface area is 153 Å². The van der Waals surface area contributed by atoms with E-state index in [1.54, 1.807) is 31.4 Å². The molecule has 2 aromatic rings. The number of carbonyl (C=O) groups excluding carboxylic acids is 1. The van der Waals surface area contributed by atoms with E-state index in [4.69, 9.17) is 18.6 Å². The van der Waals surface area contributed by atoms with E-state index in [0.29, 0.717) is 21.7 Å². The molecular weight excluding hydrogens is 390 g/mol. The highest BCUT2D eigenvalue weighted by molar-refractivity contribution is 9.10. The molecule has 0 atom stereocenters. The van der Waals surface area contributed by atoms with E-state index in [-0.39, 0.29) is 17.7 Å². The molecule has 2 heterocycles. The summed E-state index contributed by atoms with van der Waals surface area (Å²) in [6.45, 7) is 3.86. The third-order valence-electron chi connectivity index (χ3n) is 3.26. The van der Waals surface area contributed by atoms with Gasteiger partial charge in [0.2, 0.25) is 0 Å². The summed E-state index contributed by atoms with van der Waals surface area (Å²) in [7, 11) is 1.56. The van der Waals surface area contributed by atoms with Gasteiger partial charge in [-0.1, -0.05) is 0 Å². The van der Waals surface area contributed by atoms with E-state index < -0.39 is 5.97 Å². The van der Waals surface area contributed by atoms with Crippen LogP contribution in [0, 0.1) is 0 Å². The number of furan rings is 1. The molecule has 0 N–H and O–H groups in total. The monoisotopic (exact) mass is 405 g/mol. The quantitative estimate of drug-likeness (QED) is 0.550. The Balaban J connectivity index is 1.95. The van der Waals surface area contributed by atoms with Crippen LogP contribution in [0.15, 0.2) is 50.1 Å². The molecule has 0 radical (unpaired) electrons. The number of rotatable bonds is 5. The van der Waals surface area contributed by atoms with Crippen LogP contribution in [0.1, 0.15) is 25.2 Å². The summed E-state index contributed by atoms with van der Waals surface area (Å²) in [5.41, 5.74) is 0.897. The number of nitrogens with zero attached hydrogens (tertiary/aromatic N) is 1. The van der Waals surface area contributed by atoms with Gasteiger partial charge < -0.3 is 18.6 Å². The number of benzene rings is 1. The van der Waals surface area contributed by atoms with E-state index >= 15 is 0 Å². The summed E-state index contributed by atoms with van der Waals surface area (Å²) in [5, 5.41) is 0. The third-order valence-corrected chi connectivity index (χ3v) is 3.85. The van der Waals surface area contributed by atoms with Gasteiger partial charge in [-0.15, -0.1) is 0 Å². The number of cyclic esters (lactones) is 1. The maximum absolute atomic E-state index is 12.0. The fourth-order valence-corrected chi connectivity index (χ4v) is 2.80. The molecule has 0 saturated heterocycles. The van der Waals surface area contributed by atoms with E-state index in [1.165, 1.54) is 6.26 Å². The number of hydrogen-bond donors (Lipinski definition) is 0. The van der Waals surface area contributed by atoms with Gasteiger partial charge in [0.05, 0.1) is 23.9 Å². The number of aliphatic imine (C=N–C) groups is 1. The predicted molar refractivity (Wildman–Crippen MR) is 95.8 cm³/mol. The van der Waals surface area contributed by atoms with E-state index in [9.17, 15) is 4.79 Å². The van der Waals surface area contributed by atoms with Crippen LogP contribution in [-0.2, 0) is 9.53 Å². The summed E-state index contributed by atoms with van der Waals surface area (Å²) >= 11 is 3.47. The van der Waals surface area contributed by atoms with E-state index in [0.717, 1.165) is 5.56 Å². The van der Waals surface area contributed by atoms with Gasteiger partial charge in [-0.2, -0.15) is 0 Å². The molecule has 130 valence electrons. The van der Waals surface area contributed by atoms with Crippen molar-refractivity contribution in [3.05, 3.63) is 52.0 Å². The van der Waals surface area contributed by atoms with Crippen molar-refractivity contribution in [1.29, 1.82) is 0 Å². The van der Waals surface area contributed by atoms with Crippen molar-refractivity contribution in [1.82, 2.24) is 0 Å². The van der Waals surface area contributed by atoms with Crippen LogP contribution in [0.25, 0.3) is 6.08 Å². The first-order chi connectivity index (χ1) is 12.0. The van der Waals surface area contributed by atoms with Crippen molar-refractivity contribution in [2.45, 2.75) is 20.0 Å². The Morgan fingerprint density at radius 2 is 2.12 bits per heavy atom. The van der Waals surface area contributed by atoms with Gasteiger partial charge in [-0.05, 0) is 65.7 Å². The highest BCUT2D eigenvalue weighted by atomic mass is 79.9. The summed E-state index contributed by atoms with van der Waals surface area (Å²) in [5.74, 6) is 1.16. The second-order valence-electron chi connectivity index (χ2n) is 5.51. The molecule has 0 aliphatic carbocycles. The molecule has 3 rings (SSSR count). The van der Waals surface area contributed by atoms with Gasteiger partial charge in [-0.25, -0.2) is 9.79 Å². The Morgan fingerprint density at radius 3 is 2.76 bits per heavy atom. The Hall–Kier alpha value is -2.54. The topological polar surface area (TPSA) is 70.3 Å². The maximum atomic E-state index is 12.0. The molecule has 25 heavy (non-hydrogen) atoms. The second kappa shape index (κ2) is 7.14. The van der Waals surface area contributed by atoms with Gasteiger partial charge in [0, 0.05) is 0 Å². The number of hydrogen-bond acceptors (Lipinski definition) is 6. The smallest absolute Gasteiger partial charge is 0.363 e. The second-order valence-corrected chi connectivity index (χ2v) is 6.37. The highest BCUT2D eigenvalue weighted by Gasteiger charge is 2.26. The number of esters is 1. The third kappa shape index (κ3) is 3.76. The van der Waals surface area contributed by atoms with Crippen molar-refractivity contribution in [2.75, 3.05) is 7.11 Å². The number of halogens is 1. The molecule has 0 spiro atoms. The van der Waals surface area contributed by atoms with Crippen molar-refractivity contribution >= 4 is 33.9 Å². The van der Waals surface area contributed by atoms with Crippen LogP contribution < -0.4 is 9.47 Å². The van der Waals surface area contributed by atoms with E-state index in [2.05, 4.69) is 20.9 Å². The van der Waals surface area contributed by atoms with Crippen molar-refractivity contribution in [2.24, 2.45) is 4.99 Å². The maximum Gasteiger partial charge on any atom is 0.363 e. The first-order valence-electron chi connectivity index (χ1n) is 7.58. The molecule has 0 fully saturated rings. The van der Waals surface area contributed by atoms with E-state index in [1.807, 2.05) is 19.9 Å². The first kappa shape index (κ1) is 17.3. The fraction of sp³-hybridized carbons (Fsp3) is 0.222. The van der Waals surface area contributed by atoms with Crippen LogP contribution in [0.5, 0.6) is 11.5 Å². The standard InChI is InChI=1S/C18H16BrNO5/c1-10(2)24-16-12(19)7-11(9-15(16)22-3)8-13-18(21)25-17(20-13)14-5-4-6-23-14/h4-10H,1-3H3/b13-8+. The largest absolute Gasteiger partial charge is 0.493 e. The lowest BCUT2D eigenvalue weighted by Gasteiger charge is -2.15. The van der Waals surface area contributed by atoms with Gasteiger partial charge in [-0.3, -0.25) is 0 Å². The normalized spacial score (nSPS) is 15.5. The van der Waals surface area contributed by atoms with Crippen molar-refractivity contribution < 1.29 is 23.4 Å². The zero-order valence-electron chi connectivity index (χ0n) is 13.9. The Morgan fingerprint density at radius 1 is 1.32 bits per heavy atom. The lowest BCUT2D eigenvalue weighted by Crippen LogP contribution is -2.07. The van der Waals surface area contributed by atoms with Crippen LogP contribution in [0.2, 0.25) is 0 Å². The lowest BCUT2D eigenvalue weighted by atomic mass is 10.1. The molecule has 1 aliphatic rings. The minimum atomic E-state index is -0.538. The molecule has 0 unspecified atom stereocenters. The number of methoxy groups -OCH3 is 1. The number of carbonyl (C=O) groups is 1. The van der Waals surface area contributed by atoms with Crippen LogP contribution in [0.4, 0.5) is 0 Å². The predicted octanol–water partition coefficient (Wildman–Crippen LogP) is 4.18. The first-order valence-corrected chi connectivity index (χ1v) is 8.38. The summed E-state index contributed by atoms with van der Waals surface area (Å²) in [6, 6.07) is 6.96. The number of ether oxygens (including phenoxy) is 3. The Kier molecular flexibility index (Phi) is 4.94. The molecule has 0 bridgehead atoms. The van der Waals surface area contributed by atoms with Crippen LogP contribution in [-0.4, -0.2) is 25.1 Å². The molecule has 7 heteroatoms. The minimum absolute atomic E-state index is 0.000307. The summed E-state index contributed by atoms with van der Waals surface area (Å²) < 4.78 is 22.2. The fourth-order valence-electron chi connectivity index (χ4n) is 2.25. The minimum Gasteiger partial charge on any atom is -0.493 e. The van der Waals surface area contributed by atoms with Crippen LogP contribution in [0.3, 0.4) is 0 Å². The van der Waals surface area contributed by atoms with Gasteiger partial charge >= 0.3 is 5.97 Å². The molecule has 1 aliphatic heterocycles.